The molecule has 6 N–H and O–H groups in total. The van der Waals surface area contributed by atoms with Crippen LogP contribution in [0.25, 0.3) is 5.57 Å². The molecule has 1 aliphatic carbocycles. The average Bonchev–Trinajstić information content (AvgIpc) is 3.97. The summed E-state index contributed by atoms with van der Waals surface area (Å²) in [5.74, 6) is -1.10. The number of aromatic nitrogens is 2. The van der Waals surface area contributed by atoms with Gasteiger partial charge in [0.2, 0.25) is 11.8 Å². The third-order valence-electron chi connectivity index (χ3n) is 9.89. The summed E-state index contributed by atoms with van der Waals surface area (Å²) >= 11 is 0. The molecule has 16 nitrogen and oxygen atoms in total. The molecule has 0 spiro atoms. The van der Waals surface area contributed by atoms with Gasteiger partial charge in [-0.2, -0.15) is 0 Å². The fourth-order valence-corrected chi connectivity index (χ4v) is 6.62. The highest BCUT2D eigenvalue weighted by atomic mass is 16.5. The molecule has 4 aliphatic rings. The monoisotopic (exact) mass is 737 g/mol. The number of benzene rings is 2. The van der Waals surface area contributed by atoms with Crippen LogP contribution in [0.2, 0.25) is 0 Å². The molecule has 282 valence electrons. The Balaban J connectivity index is 0.00000514. The maximum atomic E-state index is 13.3. The van der Waals surface area contributed by atoms with Crippen molar-refractivity contribution in [1.82, 2.24) is 25.1 Å². The minimum atomic E-state index is -1.02. The standard InChI is InChI=1S/C38H41N9O7.H2/c39-19-28(34-41-10-1-11-42-34)35(49)44-30-16-23(29(40)18-32(30)54-21-22-2-3-22)20-43-24-8-12-46(13-9-24)14-15-53-25-4-5-26-27(17-25)38(52)47(37(26)51)31-6-7-33(48)45-36(31)50;/h1,4-5,10-11,16-20,22,24,31H,2-3,6-9,12-15,21,39-40H2,(H,44,49)(H,45,48,50);1H/b28-19+,43-20?;. The zero-order chi connectivity index (χ0) is 37.8. The molecule has 4 heterocycles. The lowest BCUT2D eigenvalue weighted by Crippen LogP contribution is -2.54. The number of hydrogen-bond acceptors (Lipinski definition) is 13. The number of piperidine rings is 2. The number of rotatable bonds is 13. The molecule has 3 fully saturated rings. The van der Waals surface area contributed by atoms with Crippen LogP contribution in [-0.4, -0.2) is 100 Å². The summed E-state index contributed by atoms with van der Waals surface area (Å²) in [7, 11) is 0. The minimum absolute atomic E-state index is 0. The normalized spacial score (nSPS) is 19.6. The van der Waals surface area contributed by atoms with E-state index < -0.39 is 35.6 Å². The average molecular weight is 738 g/mol. The summed E-state index contributed by atoms with van der Waals surface area (Å²) in [5.41, 5.74) is 14.3. The quantitative estimate of drug-likeness (QED) is 0.0859. The Morgan fingerprint density at radius 3 is 2.48 bits per heavy atom. The van der Waals surface area contributed by atoms with E-state index in [0.717, 1.165) is 43.7 Å². The Kier molecular flexibility index (Phi) is 10.6. The van der Waals surface area contributed by atoms with E-state index in [4.69, 9.17) is 25.9 Å². The molecule has 5 amide bonds. The Labute approximate surface area is 312 Å². The van der Waals surface area contributed by atoms with Crippen molar-refractivity contribution in [1.29, 1.82) is 0 Å². The van der Waals surface area contributed by atoms with Crippen molar-refractivity contribution in [3.8, 4) is 11.5 Å². The second-order valence-corrected chi connectivity index (χ2v) is 13.7. The summed E-state index contributed by atoms with van der Waals surface area (Å²) in [5, 5.41) is 5.09. The molecule has 3 aromatic rings. The Bertz CT molecular complexity index is 2030. The molecule has 16 heteroatoms. The van der Waals surface area contributed by atoms with Gasteiger partial charge in [0.15, 0.2) is 5.82 Å². The largest absolute Gasteiger partial charge is 0.492 e. The van der Waals surface area contributed by atoms with Gasteiger partial charge < -0.3 is 26.3 Å². The highest BCUT2D eigenvalue weighted by Gasteiger charge is 2.44. The molecule has 2 aromatic carbocycles. The number of carbonyl (C=O) groups excluding carboxylic acids is 5. The van der Waals surface area contributed by atoms with Gasteiger partial charge in [0.1, 0.15) is 24.1 Å². The van der Waals surface area contributed by atoms with Gasteiger partial charge in [-0.15, -0.1) is 0 Å². The minimum Gasteiger partial charge on any atom is -0.492 e. The van der Waals surface area contributed by atoms with Crippen molar-refractivity contribution < 1.29 is 34.9 Å². The van der Waals surface area contributed by atoms with Crippen LogP contribution in [0.4, 0.5) is 11.4 Å². The first-order valence-electron chi connectivity index (χ1n) is 18.0. The van der Waals surface area contributed by atoms with E-state index in [1.807, 2.05) is 0 Å². The van der Waals surface area contributed by atoms with Crippen molar-refractivity contribution in [2.24, 2.45) is 16.6 Å². The lowest BCUT2D eigenvalue weighted by molar-refractivity contribution is -0.136. The second kappa shape index (κ2) is 15.8. The molecule has 7 rings (SSSR count). The predicted molar refractivity (Wildman–Crippen MR) is 200 cm³/mol. The fourth-order valence-electron chi connectivity index (χ4n) is 6.62. The van der Waals surface area contributed by atoms with Gasteiger partial charge in [-0.25, -0.2) is 9.97 Å². The zero-order valence-electron chi connectivity index (χ0n) is 29.5. The number of likely N-dealkylation sites (tertiary alicyclic amines) is 1. The fraction of sp³-hybridized carbons (Fsp3) is 0.368. The number of imide groups is 2. The zero-order valence-corrected chi connectivity index (χ0v) is 29.5. The van der Waals surface area contributed by atoms with Crippen molar-refractivity contribution in [3.63, 3.8) is 0 Å². The van der Waals surface area contributed by atoms with Gasteiger partial charge in [0, 0.05) is 69.6 Å². The van der Waals surface area contributed by atoms with Gasteiger partial charge in [-0.1, -0.05) is 0 Å². The first-order valence-corrected chi connectivity index (χ1v) is 18.0. The van der Waals surface area contributed by atoms with Crippen molar-refractivity contribution in [2.75, 3.05) is 43.9 Å². The molecule has 1 atom stereocenters. The van der Waals surface area contributed by atoms with Crippen LogP contribution in [0, 0.1) is 5.92 Å². The van der Waals surface area contributed by atoms with Crippen LogP contribution in [-0.2, 0) is 14.4 Å². The number of nitrogen functional groups attached to an aromatic ring is 1. The van der Waals surface area contributed by atoms with E-state index in [-0.39, 0.29) is 42.8 Å². The van der Waals surface area contributed by atoms with Crippen LogP contribution in [0.15, 0.2) is 60.0 Å². The van der Waals surface area contributed by atoms with Crippen LogP contribution in [0.3, 0.4) is 0 Å². The number of anilines is 2. The summed E-state index contributed by atoms with van der Waals surface area (Å²) in [6.07, 6.45) is 9.97. The first-order chi connectivity index (χ1) is 26.2. The van der Waals surface area contributed by atoms with Gasteiger partial charge in [0.05, 0.1) is 35.0 Å². The van der Waals surface area contributed by atoms with Gasteiger partial charge in [-0.05, 0) is 68.4 Å². The van der Waals surface area contributed by atoms with Crippen molar-refractivity contribution >= 4 is 52.7 Å². The van der Waals surface area contributed by atoms with E-state index >= 15 is 0 Å². The Morgan fingerprint density at radius 2 is 1.76 bits per heavy atom. The Morgan fingerprint density at radius 1 is 1.00 bits per heavy atom. The number of amides is 5. The van der Waals surface area contributed by atoms with E-state index in [9.17, 15) is 24.0 Å². The SMILES string of the molecule is N/C=C(/C(=O)Nc1cc(C=NC2CCN(CCOc3ccc4c(c3)C(=O)N(C3CCC(=O)NC3=O)C4=O)CC2)c(N)cc1OCC1CC1)c1ncccn1.[HH]. The number of aliphatic imine (C=N–C) groups is 1. The smallest absolute Gasteiger partial charge is 0.262 e. The molecule has 0 radical (unpaired) electrons. The number of fused-ring (bicyclic) bond motifs is 1. The van der Waals surface area contributed by atoms with Gasteiger partial charge >= 0.3 is 0 Å². The highest BCUT2D eigenvalue weighted by Crippen LogP contribution is 2.35. The third kappa shape index (κ3) is 8.07. The maximum Gasteiger partial charge on any atom is 0.262 e. The summed E-state index contributed by atoms with van der Waals surface area (Å²) in [4.78, 5) is 79.6. The highest BCUT2D eigenvalue weighted by molar-refractivity contribution is 6.25. The molecule has 0 bridgehead atoms. The van der Waals surface area contributed by atoms with E-state index in [0.29, 0.717) is 54.1 Å². The maximum absolute atomic E-state index is 13.3. The Hall–Kier alpha value is -6.16. The number of nitrogens with one attached hydrogen (secondary N) is 2. The molecule has 1 saturated carbocycles. The molecule has 54 heavy (non-hydrogen) atoms. The topological polar surface area (TPSA) is 225 Å². The van der Waals surface area contributed by atoms with Crippen LogP contribution in [0.1, 0.15) is 72.1 Å². The molecule has 2 saturated heterocycles. The van der Waals surface area contributed by atoms with Crippen LogP contribution >= 0.6 is 0 Å². The summed E-state index contributed by atoms with van der Waals surface area (Å²) < 4.78 is 12.0. The molecule has 3 aliphatic heterocycles. The number of carbonyl (C=O) groups is 5. The first kappa shape index (κ1) is 36.2. The second-order valence-electron chi connectivity index (χ2n) is 13.7. The van der Waals surface area contributed by atoms with Crippen molar-refractivity contribution in [3.05, 3.63) is 77.5 Å². The van der Waals surface area contributed by atoms with Gasteiger partial charge in [-0.3, -0.25) is 44.1 Å². The number of ether oxygens (including phenoxy) is 2. The molecule has 1 unspecified atom stereocenters. The lowest BCUT2D eigenvalue weighted by atomic mass is 10.0. The molecular formula is C38H43N9O7. The van der Waals surface area contributed by atoms with E-state index in [2.05, 4.69) is 25.5 Å². The number of nitrogens with two attached hydrogens (primary N) is 2. The summed E-state index contributed by atoms with van der Waals surface area (Å²) in [6, 6.07) is 8.86. The number of hydrogen-bond donors (Lipinski definition) is 4. The predicted octanol–water partition coefficient (Wildman–Crippen LogP) is 2.40. The molecular weight excluding hydrogens is 694 g/mol. The van der Waals surface area contributed by atoms with E-state index in [1.165, 1.54) is 30.7 Å². The lowest BCUT2D eigenvalue weighted by Gasteiger charge is -2.30. The summed E-state index contributed by atoms with van der Waals surface area (Å²) in [6.45, 7) is 3.13. The van der Waals surface area contributed by atoms with E-state index in [1.54, 1.807) is 30.5 Å². The van der Waals surface area contributed by atoms with Crippen molar-refractivity contribution in [2.45, 2.75) is 50.6 Å². The van der Waals surface area contributed by atoms with Crippen LogP contribution in [0.5, 0.6) is 11.5 Å². The third-order valence-corrected chi connectivity index (χ3v) is 9.89. The molecule has 1 aromatic heterocycles. The van der Waals surface area contributed by atoms with Crippen LogP contribution < -0.4 is 31.6 Å². The van der Waals surface area contributed by atoms with Gasteiger partial charge in [0.25, 0.3) is 17.7 Å². The number of nitrogens with zero attached hydrogens (tertiary/aromatic N) is 5.